The largest absolute Gasteiger partial charge is 0.384 e. The molecule has 0 saturated carbocycles. The molecule has 1 saturated heterocycles. The number of benzene rings is 1. The van der Waals surface area contributed by atoms with Crippen LogP contribution in [0.5, 0.6) is 0 Å². The van der Waals surface area contributed by atoms with Crippen LogP contribution in [0.3, 0.4) is 0 Å². The second-order valence-electron chi connectivity index (χ2n) is 6.99. The van der Waals surface area contributed by atoms with Crippen molar-refractivity contribution in [2.75, 3.05) is 25.4 Å². The van der Waals surface area contributed by atoms with Crippen LogP contribution in [0, 0.1) is 19.8 Å². The third-order valence-electron chi connectivity index (χ3n) is 4.95. The molecule has 1 aromatic heterocycles. The summed E-state index contributed by atoms with van der Waals surface area (Å²) in [6, 6.07) is 10.0. The van der Waals surface area contributed by atoms with Crippen molar-refractivity contribution in [1.82, 2.24) is 15.2 Å². The van der Waals surface area contributed by atoms with Gasteiger partial charge in [-0.15, -0.1) is 0 Å². The molecule has 5 heteroatoms. The Labute approximate surface area is 149 Å². The Hall–Kier alpha value is -2.40. The summed E-state index contributed by atoms with van der Waals surface area (Å²) in [7, 11) is 0. The number of rotatable bonds is 5. The van der Waals surface area contributed by atoms with Crippen LogP contribution in [-0.4, -0.2) is 35.4 Å². The van der Waals surface area contributed by atoms with E-state index in [1.807, 2.05) is 0 Å². The third-order valence-corrected chi connectivity index (χ3v) is 4.95. The lowest BCUT2D eigenvalue weighted by Crippen LogP contribution is -2.31. The first kappa shape index (κ1) is 17.4. The summed E-state index contributed by atoms with van der Waals surface area (Å²) >= 11 is 0. The number of pyridine rings is 1. The van der Waals surface area contributed by atoms with Crippen molar-refractivity contribution in [2.24, 2.45) is 5.92 Å². The molecular weight excluding hydrogens is 312 g/mol. The zero-order valence-corrected chi connectivity index (χ0v) is 15.0. The second kappa shape index (κ2) is 7.66. The van der Waals surface area contributed by atoms with Gasteiger partial charge in [0.25, 0.3) is 5.91 Å². The van der Waals surface area contributed by atoms with E-state index in [1.165, 1.54) is 22.9 Å². The van der Waals surface area contributed by atoms with E-state index in [2.05, 4.69) is 47.2 Å². The van der Waals surface area contributed by atoms with Gasteiger partial charge in [0.15, 0.2) is 0 Å². The third kappa shape index (κ3) is 4.57. The smallest absolute Gasteiger partial charge is 0.252 e. The van der Waals surface area contributed by atoms with Gasteiger partial charge in [-0.3, -0.25) is 9.69 Å². The van der Waals surface area contributed by atoms with Crippen LogP contribution >= 0.6 is 0 Å². The van der Waals surface area contributed by atoms with Crippen LogP contribution < -0.4 is 11.1 Å². The quantitative estimate of drug-likeness (QED) is 0.879. The highest BCUT2D eigenvalue weighted by Gasteiger charge is 2.23. The minimum Gasteiger partial charge on any atom is -0.384 e. The van der Waals surface area contributed by atoms with Gasteiger partial charge in [-0.25, -0.2) is 4.98 Å². The predicted molar refractivity (Wildman–Crippen MR) is 100 cm³/mol. The minimum atomic E-state index is -0.0832. The highest BCUT2D eigenvalue weighted by Crippen LogP contribution is 2.19. The minimum absolute atomic E-state index is 0.0832. The molecule has 0 unspecified atom stereocenters. The number of aryl methyl sites for hydroxylation is 2. The molecule has 2 heterocycles. The number of nitrogens with one attached hydrogen (secondary N) is 1. The number of aromatic nitrogens is 1. The van der Waals surface area contributed by atoms with E-state index in [9.17, 15) is 4.79 Å². The number of carbonyl (C=O) groups excluding carboxylic acids is 1. The van der Waals surface area contributed by atoms with Crippen LogP contribution in [0.4, 0.5) is 5.82 Å². The molecule has 2 aromatic rings. The number of hydrogen-bond donors (Lipinski definition) is 2. The molecule has 1 aromatic carbocycles. The first-order valence-corrected chi connectivity index (χ1v) is 8.79. The molecule has 0 bridgehead atoms. The van der Waals surface area contributed by atoms with Crippen LogP contribution in [0.1, 0.15) is 33.5 Å². The summed E-state index contributed by atoms with van der Waals surface area (Å²) in [4.78, 5) is 18.6. The number of likely N-dealkylation sites (tertiary alicyclic amines) is 1. The van der Waals surface area contributed by atoms with Crippen molar-refractivity contribution in [3.05, 3.63) is 58.8 Å². The van der Waals surface area contributed by atoms with E-state index in [0.29, 0.717) is 23.8 Å². The van der Waals surface area contributed by atoms with Gasteiger partial charge in [-0.05, 0) is 61.6 Å². The lowest BCUT2D eigenvalue weighted by atomic mass is 10.1. The number of nitrogens with two attached hydrogens (primary N) is 1. The average molecular weight is 338 g/mol. The fourth-order valence-electron chi connectivity index (χ4n) is 3.26. The maximum Gasteiger partial charge on any atom is 0.252 e. The van der Waals surface area contributed by atoms with E-state index in [1.54, 1.807) is 12.1 Å². The molecule has 0 radical (unpaired) electrons. The standard InChI is InChI=1S/C20H26N4O/c1-14-3-4-16(9-15(14)2)12-24-8-7-17(13-24)10-23-20(25)18-5-6-19(21)22-11-18/h3-6,9,11,17H,7-8,10,12-13H2,1-2H3,(H2,21,22)(H,23,25)/t17-/m0/s1. The molecule has 1 atom stereocenters. The van der Waals surface area contributed by atoms with Crippen LogP contribution in [0.2, 0.25) is 0 Å². The summed E-state index contributed by atoms with van der Waals surface area (Å²) < 4.78 is 0. The first-order chi connectivity index (χ1) is 12.0. The van der Waals surface area contributed by atoms with Crippen molar-refractivity contribution in [2.45, 2.75) is 26.8 Å². The van der Waals surface area contributed by atoms with Crippen molar-refractivity contribution in [3.8, 4) is 0 Å². The van der Waals surface area contributed by atoms with Gasteiger partial charge in [0.2, 0.25) is 0 Å². The van der Waals surface area contributed by atoms with Crippen LogP contribution in [0.15, 0.2) is 36.5 Å². The van der Waals surface area contributed by atoms with E-state index in [4.69, 9.17) is 5.73 Å². The summed E-state index contributed by atoms with van der Waals surface area (Å²) in [5.41, 5.74) is 10.1. The van der Waals surface area contributed by atoms with Crippen molar-refractivity contribution >= 4 is 11.7 Å². The predicted octanol–water partition coefficient (Wildman–Crippen LogP) is 2.53. The average Bonchev–Trinajstić information content (AvgIpc) is 3.04. The summed E-state index contributed by atoms with van der Waals surface area (Å²) in [5.74, 6) is 0.840. The Morgan fingerprint density at radius 2 is 2.12 bits per heavy atom. The second-order valence-corrected chi connectivity index (χ2v) is 6.99. The highest BCUT2D eigenvalue weighted by molar-refractivity contribution is 5.93. The number of amides is 1. The van der Waals surface area contributed by atoms with Crippen molar-refractivity contribution < 1.29 is 4.79 Å². The maximum atomic E-state index is 12.1. The molecule has 1 aliphatic heterocycles. The Bertz CT molecular complexity index is 742. The molecule has 0 spiro atoms. The molecule has 3 rings (SSSR count). The van der Waals surface area contributed by atoms with Crippen molar-refractivity contribution in [3.63, 3.8) is 0 Å². The lowest BCUT2D eigenvalue weighted by molar-refractivity contribution is 0.0947. The zero-order chi connectivity index (χ0) is 17.8. The normalized spacial score (nSPS) is 17.6. The zero-order valence-electron chi connectivity index (χ0n) is 15.0. The van der Waals surface area contributed by atoms with E-state index in [-0.39, 0.29) is 5.91 Å². The lowest BCUT2D eigenvalue weighted by Gasteiger charge is -2.17. The summed E-state index contributed by atoms with van der Waals surface area (Å²) in [6.07, 6.45) is 2.64. The fourth-order valence-corrected chi connectivity index (χ4v) is 3.26. The topological polar surface area (TPSA) is 71.2 Å². The van der Waals surface area contributed by atoms with Crippen LogP contribution in [0.25, 0.3) is 0 Å². The van der Waals surface area contributed by atoms with Gasteiger partial charge in [-0.1, -0.05) is 18.2 Å². The van der Waals surface area contributed by atoms with E-state index < -0.39 is 0 Å². The summed E-state index contributed by atoms with van der Waals surface area (Å²) in [5, 5.41) is 3.01. The Morgan fingerprint density at radius 1 is 1.28 bits per heavy atom. The molecular formula is C20H26N4O. The molecule has 0 aliphatic carbocycles. The SMILES string of the molecule is Cc1ccc(CN2CC[C@@H](CNC(=O)c3ccc(N)nc3)C2)cc1C. The molecule has 3 N–H and O–H groups in total. The highest BCUT2D eigenvalue weighted by atomic mass is 16.1. The molecule has 25 heavy (non-hydrogen) atoms. The van der Waals surface area contributed by atoms with Crippen molar-refractivity contribution in [1.29, 1.82) is 0 Å². The van der Waals surface area contributed by atoms with Gasteiger partial charge >= 0.3 is 0 Å². The summed E-state index contributed by atoms with van der Waals surface area (Å²) in [6.45, 7) is 8.08. The Balaban J connectivity index is 1.47. The van der Waals surface area contributed by atoms with Crippen LogP contribution in [-0.2, 0) is 6.54 Å². The molecule has 1 fully saturated rings. The fraction of sp³-hybridized carbons (Fsp3) is 0.400. The Morgan fingerprint density at radius 3 is 2.84 bits per heavy atom. The number of carbonyl (C=O) groups is 1. The maximum absolute atomic E-state index is 12.1. The van der Waals surface area contributed by atoms with Gasteiger partial charge in [0.05, 0.1) is 5.56 Å². The first-order valence-electron chi connectivity index (χ1n) is 8.79. The molecule has 1 aliphatic rings. The monoisotopic (exact) mass is 338 g/mol. The molecule has 132 valence electrons. The molecule has 5 nitrogen and oxygen atoms in total. The number of nitrogens with zero attached hydrogens (tertiary/aromatic N) is 2. The number of anilines is 1. The van der Waals surface area contributed by atoms with Gasteiger partial charge in [0, 0.05) is 25.8 Å². The Kier molecular flexibility index (Phi) is 5.34. The van der Waals surface area contributed by atoms with Gasteiger partial charge in [0.1, 0.15) is 5.82 Å². The molecule has 1 amide bonds. The van der Waals surface area contributed by atoms with E-state index in [0.717, 1.165) is 26.1 Å². The van der Waals surface area contributed by atoms with E-state index >= 15 is 0 Å². The van der Waals surface area contributed by atoms with Gasteiger partial charge < -0.3 is 11.1 Å². The number of hydrogen-bond acceptors (Lipinski definition) is 4. The van der Waals surface area contributed by atoms with Gasteiger partial charge in [-0.2, -0.15) is 0 Å². The number of nitrogen functional groups attached to an aromatic ring is 1.